The van der Waals surface area contributed by atoms with Crippen molar-refractivity contribution in [2.45, 2.75) is 12.8 Å². The highest BCUT2D eigenvalue weighted by molar-refractivity contribution is 6.31. The van der Waals surface area contributed by atoms with Crippen molar-refractivity contribution in [1.29, 1.82) is 0 Å². The Kier molecular flexibility index (Phi) is 2.89. The Balaban J connectivity index is 1.97. The fourth-order valence-corrected chi connectivity index (χ4v) is 3.30. The lowest BCUT2D eigenvalue weighted by molar-refractivity contribution is 0.828. The van der Waals surface area contributed by atoms with Crippen molar-refractivity contribution >= 4 is 28.3 Å². The van der Waals surface area contributed by atoms with E-state index < -0.39 is 0 Å². The molecule has 1 aliphatic rings. The van der Waals surface area contributed by atoms with Gasteiger partial charge in [-0.3, -0.25) is 0 Å². The van der Waals surface area contributed by atoms with E-state index in [1.165, 1.54) is 23.2 Å². The molecule has 0 radical (unpaired) electrons. The second-order valence-electron chi connectivity index (χ2n) is 5.49. The number of aromatic nitrogens is 2. The summed E-state index contributed by atoms with van der Waals surface area (Å²) >= 11 is 6.08. The van der Waals surface area contributed by atoms with Crippen LogP contribution in [0.2, 0.25) is 5.02 Å². The van der Waals surface area contributed by atoms with Gasteiger partial charge in [0.25, 0.3) is 0 Å². The van der Waals surface area contributed by atoms with Crippen LogP contribution in [0.15, 0.2) is 36.4 Å². The Morgan fingerprint density at radius 1 is 1.24 bits per heavy atom. The third-order valence-electron chi connectivity index (χ3n) is 4.18. The molecule has 4 heteroatoms. The first-order valence-corrected chi connectivity index (χ1v) is 7.60. The first-order valence-electron chi connectivity index (χ1n) is 7.22. The van der Waals surface area contributed by atoms with Crippen molar-refractivity contribution < 1.29 is 0 Å². The predicted molar refractivity (Wildman–Crippen MR) is 88.0 cm³/mol. The van der Waals surface area contributed by atoms with E-state index in [1.807, 2.05) is 18.2 Å². The minimum absolute atomic E-state index is 0.726. The molecule has 0 amide bonds. The van der Waals surface area contributed by atoms with Crippen molar-refractivity contribution in [3.63, 3.8) is 0 Å². The summed E-state index contributed by atoms with van der Waals surface area (Å²) in [5.41, 5.74) is 5.88. The quantitative estimate of drug-likeness (QED) is 0.727. The molecule has 0 unspecified atom stereocenters. The van der Waals surface area contributed by atoms with Crippen LogP contribution in [0.25, 0.3) is 22.4 Å². The van der Waals surface area contributed by atoms with Gasteiger partial charge in [-0.05, 0) is 42.7 Å². The van der Waals surface area contributed by atoms with E-state index in [0.717, 1.165) is 34.8 Å². The molecule has 3 aromatic rings. The number of anilines is 1. The lowest BCUT2D eigenvalue weighted by Crippen LogP contribution is -2.13. The number of aryl methyl sites for hydroxylation is 1. The maximum atomic E-state index is 6.08. The van der Waals surface area contributed by atoms with Gasteiger partial charge in [0.2, 0.25) is 0 Å². The minimum Gasteiger partial charge on any atom is -0.385 e. The van der Waals surface area contributed by atoms with Crippen molar-refractivity contribution in [2.75, 3.05) is 11.9 Å². The molecule has 1 aliphatic heterocycles. The summed E-state index contributed by atoms with van der Waals surface area (Å²) in [5.74, 6) is 1.01. The number of halogens is 1. The number of imidazole rings is 1. The summed E-state index contributed by atoms with van der Waals surface area (Å²) in [6, 6.07) is 12.3. The van der Waals surface area contributed by atoms with Gasteiger partial charge in [-0.25, -0.2) is 4.98 Å². The summed E-state index contributed by atoms with van der Waals surface area (Å²) in [7, 11) is 2.06. The monoisotopic (exact) mass is 297 g/mol. The molecule has 106 valence electrons. The smallest absolute Gasteiger partial charge is 0.141 e. The van der Waals surface area contributed by atoms with Gasteiger partial charge in [0.15, 0.2) is 0 Å². The topological polar surface area (TPSA) is 29.9 Å². The molecule has 0 bridgehead atoms. The number of hydrogen-bond donors (Lipinski definition) is 1. The molecule has 0 aliphatic carbocycles. The van der Waals surface area contributed by atoms with Crippen LogP contribution >= 0.6 is 11.6 Å². The molecule has 0 saturated heterocycles. The molecular weight excluding hydrogens is 282 g/mol. The van der Waals surface area contributed by atoms with E-state index in [1.54, 1.807) is 0 Å². The summed E-state index contributed by atoms with van der Waals surface area (Å²) < 4.78 is 2.15. The molecule has 0 fully saturated rings. The zero-order valence-electron chi connectivity index (χ0n) is 11.9. The fraction of sp³-hybridized carbons (Fsp3) is 0.235. The van der Waals surface area contributed by atoms with Gasteiger partial charge in [-0.15, -0.1) is 0 Å². The number of rotatable bonds is 1. The fourth-order valence-electron chi connectivity index (χ4n) is 3.13. The maximum Gasteiger partial charge on any atom is 0.141 e. The second-order valence-corrected chi connectivity index (χ2v) is 5.93. The van der Waals surface area contributed by atoms with Crippen LogP contribution in [0.3, 0.4) is 0 Å². The lowest BCUT2D eigenvalue weighted by atomic mass is 9.97. The second kappa shape index (κ2) is 4.78. The highest BCUT2D eigenvalue weighted by Gasteiger charge is 2.17. The Labute approximate surface area is 128 Å². The molecule has 2 heterocycles. The van der Waals surface area contributed by atoms with Crippen LogP contribution in [-0.2, 0) is 13.5 Å². The number of nitrogens with one attached hydrogen (secondary N) is 1. The molecule has 0 saturated carbocycles. The number of hydrogen-bond acceptors (Lipinski definition) is 2. The van der Waals surface area contributed by atoms with E-state index >= 15 is 0 Å². The molecule has 0 atom stereocenters. The molecule has 0 spiro atoms. The van der Waals surface area contributed by atoms with Gasteiger partial charge >= 0.3 is 0 Å². The van der Waals surface area contributed by atoms with Crippen molar-refractivity contribution in [2.24, 2.45) is 7.05 Å². The maximum absolute atomic E-state index is 6.08. The SMILES string of the molecule is Cn1c(-c2cccc3c2CCCN3)nc2cc(Cl)ccc21. The Morgan fingerprint density at radius 3 is 3.05 bits per heavy atom. The van der Waals surface area contributed by atoms with Crippen LogP contribution in [0, 0.1) is 0 Å². The lowest BCUT2D eigenvalue weighted by Gasteiger charge is -2.20. The summed E-state index contributed by atoms with van der Waals surface area (Å²) in [4.78, 5) is 4.80. The van der Waals surface area contributed by atoms with Crippen LogP contribution in [0.1, 0.15) is 12.0 Å². The molecule has 21 heavy (non-hydrogen) atoms. The van der Waals surface area contributed by atoms with Gasteiger partial charge < -0.3 is 9.88 Å². The summed E-state index contributed by atoms with van der Waals surface area (Å²) in [5, 5.41) is 4.20. The normalized spacial score (nSPS) is 14.0. The third-order valence-corrected chi connectivity index (χ3v) is 4.41. The van der Waals surface area contributed by atoms with Gasteiger partial charge in [0.05, 0.1) is 11.0 Å². The zero-order valence-corrected chi connectivity index (χ0v) is 12.6. The molecule has 1 N–H and O–H groups in total. The largest absolute Gasteiger partial charge is 0.385 e. The first kappa shape index (κ1) is 12.7. The van der Waals surface area contributed by atoms with E-state index in [0.29, 0.717) is 0 Å². The standard InChI is InChI=1S/C17H16ClN3/c1-21-16-8-7-11(18)10-15(16)20-17(21)13-4-2-6-14-12(13)5-3-9-19-14/h2,4,6-8,10,19H,3,5,9H2,1H3. The van der Waals surface area contributed by atoms with Crippen molar-refractivity contribution in [3.8, 4) is 11.4 Å². The molecule has 2 aromatic carbocycles. The summed E-state index contributed by atoms with van der Waals surface area (Å²) in [6.07, 6.45) is 2.27. The van der Waals surface area contributed by atoms with Gasteiger partial charge in [-0.2, -0.15) is 0 Å². The first-order chi connectivity index (χ1) is 10.2. The Bertz CT molecular complexity index is 835. The summed E-state index contributed by atoms with van der Waals surface area (Å²) in [6.45, 7) is 1.05. The molecule has 1 aromatic heterocycles. The highest BCUT2D eigenvalue weighted by atomic mass is 35.5. The van der Waals surface area contributed by atoms with Crippen molar-refractivity contribution in [3.05, 3.63) is 47.0 Å². The van der Waals surface area contributed by atoms with E-state index in [2.05, 4.69) is 35.1 Å². The Morgan fingerprint density at radius 2 is 2.14 bits per heavy atom. The van der Waals surface area contributed by atoms with E-state index in [9.17, 15) is 0 Å². The Hall–Kier alpha value is -2.00. The average Bonchev–Trinajstić information content (AvgIpc) is 2.83. The number of nitrogens with zero attached hydrogens (tertiary/aromatic N) is 2. The van der Waals surface area contributed by atoms with Crippen LogP contribution in [0.4, 0.5) is 5.69 Å². The van der Waals surface area contributed by atoms with Crippen LogP contribution in [-0.4, -0.2) is 16.1 Å². The van der Waals surface area contributed by atoms with Gasteiger partial charge in [-0.1, -0.05) is 23.7 Å². The average molecular weight is 298 g/mol. The van der Waals surface area contributed by atoms with E-state index in [4.69, 9.17) is 16.6 Å². The molecular formula is C17H16ClN3. The third kappa shape index (κ3) is 2.00. The van der Waals surface area contributed by atoms with Gasteiger partial charge in [0.1, 0.15) is 5.82 Å². The minimum atomic E-state index is 0.726. The van der Waals surface area contributed by atoms with Crippen LogP contribution < -0.4 is 5.32 Å². The van der Waals surface area contributed by atoms with Crippen molar-refractivity contribution in [1.82, 2.24) is 9.55 Å². The zero-order chi connectivity index (χ0) is 14.4. The number of fused-ring (bicyclic) bond motifs is 2. The molecule has 4 rings (SSSR count). The number of benzene rings is 2. The van der Waals surface area contributed by atoms with Crippen LogP contribution in [0.5, 0.6) is 0 Å². The van der Waals surface area contributed by atoms with Gasteiger partial charge in [0, 0.05) is 29.9 Å². The highest BCUT2D eigenvalue weighted by Crippen LogP contribution is 2.33. The van der Waals surface area contributed by atoms with E-state index in [-0.39, 0.29) is 0 Å². The predicted octanol–water partition coefficient (Wildman–Crippen LogP) is 4.25. The molecule has 3 nitrogen and oxygen atoms in total.